The second-order valence-electron chi connectivity index (χ2n) is 6.38. The van der Waals surface area contributed by atoms with Crippen LogP contribution in [0, 0.1) is 6.92 Å². The first-order chi connectivity index (χ1) is 13.8. The Kier molecular flexibility index (Phi) is 8.72. The highest BCUT2D eigenvalue weighted by molar-refractivity contribution is 9.11. The number of aliphatic carboxylic acids is 1. The number of rotatable bonds is 8. The predicted octanol–water partition coefficient (Wildman–Crippen LogP) is 6.33. The number of halogens is 2. The van der Waals surface area contributed by atoms with Gasteiger partial charge in [-0.1, -0.05) is 39.7 Å². The molecule has 1 amide bonds. The lowest BCUT2D eigenvalue weighted by Gasteiger charge is -2.20. The Morgan fingerprint density at radius 1 is 1.21 bits per heavy atom. The summed E-state index contributed by atoms with van der Waals surface area (Å²) >= 11 is 6.67. The number of hydrogen-bond acceptors (Lipinski definition) is 4. The summed E-state index contributed by atoms with van der Waals surface area (Å²) in [6, 6.07) is 10.7. The normalized spacial score (nSPS) is 12.0. The molecule has 0 fully saturated rings. The Bertz CT molecular complexity index is 897. The fourth-order valence-corrected chi connectivity index (χ4v) is 3.89. The molecular formula is C21H21Br2NO5. The van der Waals surface area contributed by atoms with Gasteiger partial charge in [0.25, 0.3) is 0 Å². The van der Waals surface area contributed by atoms with Crippen LogP contribution in [0.2, 0.25) is 0 Å². The number of anilines is 1. The van der Waals surface area contributed by atoms with Crippen molar-refractivity contribution in [2.45, 2.75) is 32.3 Å². The summed E-state index contributed by atoms with van der Waals surface area (Å²) in [5, 5.41) is 21.8. The molecule has 0 spiro atoms. The van der Waals surface area contributed by atoms with E-state index in [0.717, 1.165) is 16.1 Å². The molecule has 3 N–H and O–H groups in total. The maximum Gasteiger partial charge on any atom is 0.412 e. The van der Waals surface area contributed by atoms with Crippen LogP contribution in [0.1, 0.15) is 36.5 Å². The topological polar surface area (TPSA) is 95.9 Å². The molecule has 2 aromatic carbocycles. The molecule has 29 heavy (non-hydrogen) atoms. The number of phenols is 1. The summed E-state index contributed by atoms with van der Waals surface area (Å²) in [4.78, 5) is 23.0. The third kappa shape index (κ3) is 7.55. The number of aryl methyl sites for hydroxylation is 1. The molecule has 0 saturated carbocycles. The number of allylic oxidation sites excluding steroid dienone is 1. The highest BCUT2D eigenvalue weighted by Crippen LogP contribution is 2.38. The molecule has 0 saturated heterocycles. The first-order valence-corrected chi connectivity index (χ1v) is 10.5. The zero-order chi connectivity index (χ0) is 21.4. The molecule has 0 unspecified atom stereocenters. The van der Waals surface area contributed by atoms with Crippen molar-refractivity contribution in [2.75, 3.05) is 5.32 Å². The standard InChI is InChI=1S/C21H21Br2NO5/c1-13-7-9-15(10-8-13)24-21(28)29-18(5-3-2-4-6-19(25)26)16-11-14(22)12-17(23)20(16)27/h4,6-12,18,27H,2-3,5H2,1H3,(H,24,28)(H,25,26)/b6-4+/t18-/m1/s1. The summed E-state index contributed by atoms with van der Waals surface area (Å²) in [6.45, 7) is 1.95. The summed E-state index contributed by atoms with van der Waals surface area (Å²) in [5.41, 5.74) is 2.12. The smallest absolute Gasteiger partial charge is 0.412 e. The van der Waals surface area contributed by atoms with Crippen LogP contribution in [0.5, 0.6) is 5.75 Å². The molecule has 2 rings (SSSR count). The van der Waals surface area contributed by atoms with Crippen molar-refractivity contribution in [3.8, 4) is 5.75 Å². The maximum absolute atomic E-state index is 12.4. The minimum atomic E-state index is -1.01. The molecule has 8 heteroatoms. The van der Waals surface area contributed by atoms with Crippen molar-refractivity contribution in [1.82, 2.24) is 0 Å². The van der Waals surface area contributed by atoms with E-state index < -0.39 is 18.2 Å². The van der Waals surface area contributed by atoms with Crippen LogP contribution < -0.4 is 5.32 Å². The molecule has 0 bridgehead atoms. The zero-order valence-corrected chi connectivity index (χ0v) is 18.9. The summed E-state index contributed by atoms with van der Waals surface area (Å²) in [7, 11) is 0. The van der Waals surface area contributed by atoms with Gasteiger partial charge in [0.2, 0.25) is 0 Å². The van der Waals surface area contributed by atoms with Gasteiger partial charge in [-0.3, -0.25) is 5.32 Å². The van der Waals surface area contributed by atoms with Gasteiger partial charge in [0, 0.05) is 21.8 Å². The van der Waals surface area contributed by atoms with Gasteiger partial charge in [0.1, 0.15) is 11.9 Å². The Morgan fingerprint density at radius 2 is 1.90 bits per heavy atom. The third-order valence-electron chi connectivity index (χ3n) is 4.05. The van der Waals surface area contributed by atoms with E-state index >= 15 is 0 Å². The first-order valence-electron chi connectivity index (χ1n) is 8.88. The van der Waals surface area contributed by atoms with Gasteiger partial charge < -0.3 is 14.9 Å². The molecule has 1 atom stereocenters. The molecule has 0 heterocycles. The lowest BCUT2D eigenvalue weighted by atomic mass is 10.0. The van der Waals surface area contributed by atoms with E-state index in [4.69, 9.17) is 9.84 Å². The number of amides is 1. The average molecular weight is 527 g/mol. The van der Waals surface area contributed by atoms with Crippen LogP contribution in [0.3, 0.4) is 0 Å². The van der Waals surface area contributed by atoms with E-state index in [1.54, 1.807) is 30.3 Å². The van der Waals surface area contributed by atoms with E-state index in [9.17, 15) is 14.7 Å². The van der Waals surface area contributed by atoms with Crippen molar-refractivity contribution in [1.29, 1.82) is 0 Å². The molecule has 0 aliphatic heterocycles. The van der Waals surface area contributed by atoms with Gasteiger partial charge >= 0.3 is 12.1 Å². The van der Waals surface area contributed by atoms with Crippen molar-refractivity contribution in [3.63, 3.8) is 0 Å². The van der Waals surface area contributed by atoms with Crippen LogP contribution in [-0.4, -0.2) is 22.3 Å². The van der Waals surface area contributed by atoms with E-state index in [-0.39, 0.29) is 5.75 Å². The third-order valence-corrected chi connectivity index (χ3v) is 5.11. The van der Waals surface area contributed by atoms with E-state index in [2.05, 4.69) is 37.2 Å². The summed E-state index contributed by atoms with van der Waals surface area (Å²) in [6.07, 6.45) is 2.73. The Labute approximate surface area is 185 Å². The van der Waals surface area contributed by atoms with Gasteiger partial charge in [-0.25, -0.2) is 9.59 Å². The number of carbonyl (C=O) groups is 2. The minimum Gasteiger partial charge on any atom is -0.506 e. The van der Waals surface area contributed by atoms with Crippen LogP contribution in [0.25, 0.3) is 0 Å². The summed E-state index contributed by atoms with van der Waals surface area (Å²) in [5.74, 6) is -1.02. The Morgan fingerprint density at radius 3 is 2.55 bits per heavy atom. The van der Waals surface area contributed by atoms with Gasteiger partial charge in [0.15, 0.2) is 0 Å². The van der Waals surface area contributed by atoms with Gasteiger partial charge in [-0.15, -0.1) is 0 Å². The van der Waals surface area contributed by atoms with Crippen molar-refractivity contribution < 1.29 is 24.5 Å². The maximum atomic E-state index is 12.4. The minimum absolute atomic E-state index is 0.0117. The number of ether oxygens (including phenoxy) is 1. The number of benzene rings is 2. The number of aromatic hydroxyl groups is 1. The second-order valence-corrected chi connectivity index (χ2v) is 8.15. The van der Waals surface area contributed by atoms with E-state index in [1.807, 2.05) is 19.1 Å². The molecule has 0 aliphatic rings. The number of carboxylic acids is 1. The number of carboxylic acid groups (broad SMARTS) is 1. The van der Waals surface area contributed by atoms with Gasteiger partial charge in [0.05, 0.1) is 4.47 Å². The lowest BCUT2D eigenvalue weighted by Crippen LogP contribution is -2.18. The Hall–Kier alpha value is -2.32. The number of unbranched alkanes of at least 4 members (excludes halogenated alkanes) is 1. The number of hydrogen-bond donors (Lipinski definition) is 3. The number of nitrogens with one attached hydrogen (secondary N) is 1. The largest absolute Gasteiger partial charge is 0.506 e. The fraction of sp³-hybridized carbons (Fsp3) is 0.238. The first kappa shape index (κ1) is 23.0. The molecule has 0 radical (unpaired) electrons. The van der Waals surface area contributed by atoms with Crippen molar-refractivity contribution in [2.24, 2.45) is 0 Å². The Balaban J connectivity index is 2.14. The number of phenolic OH excluding ortho intramolecular Hbond substituents is 1. The quantitative estimate of drug-likeness (QED) is 0.276. The summed E-state index contributed by atoms with van der Waals surface area (Å²) < 4.78 is 6.79. The molecule has 2 aromatic rings. The predicted molar refractivity (Wildman–Crippen MR) is 118 cm³/mol. The average Bonchev–Trinajstić information content (AvgIpc) is 2.65. The van der Waals surface area contributed by atoms with Crippen LogP contribution in [-0.2, 0) is 9.53 Å². The highest BCUT2D eigenvalue weighted by atomic mass is 79.9. The van der Waals surface area contributed by atoms with Crippen LogP contribution in [0.15, 0.2) is 57.5 Å². The molecule has 154 valence electrons. The number of carbonyl (C=O) groups excluding carboxylic acids is 1. The van der Waals surface area contributed by atoms with Crippen LogP contribution >= 0.6 is 31.9 Å². The fourth-order valence-electron chi connectivity index (χ4n) is 2.63. The molecule has 0 aromatic heterocycles. The van der Waals surface area contributed by atoms with E-state index in [1.165, 1.54) is 0 Å². The molecule has 0 aliphatic carbocycles. The molecular weight excluding hydrogens is 506 g/mol. The second kappa shape index (κ2) is 11.0. The molecule has 6 nitrogen and oxygen atoms in total. The van der Waals surface area contributed by atoms with E-state index in [0.29, 0.717) is 35.0 Å². The monoisotopic (exact) mass is 525 g/mol. The zero-order valence-electron chi connectivity index (χ0n) is 15.7. The van der Waals surface area contributed by atoms with Gasteiger partial charge in [-0.05, 0) is 66.4 Å². The van der Waals surface area contributed by atoms with Crippen molar-refractivity contribution >= 4 is 49.6 Å². The highest BCUT2D eigenvalue weighted by Gasteiger charge is 2.22. The SMILES string of the molecule is Cc1ccc(NC(=O)O[C@H](CCC/C=C/C(=O)O)c2cc(Br)cc(Br)c2O)cc1. The van der Waals surface area contributed by atoms with Crippen molar-refractivity contribution in [3.05, 3.63) is 68.6 Å². The van der Waals surface area contributed by atoms with Gasteiger partial charge in [-0.2, -0.15) is 0 Å². The lowest BCUT2D eigenvalue weighted by molar-refractivity contribution is -0.131. The van der Waals surface area contributed by atoms with Crippen LogP contribution in [0.4, 0.5) is 10.5 Å².